The minimum Gasteiger partial charge on any atom is -0.438 e. The van der Waals surface area contributed by atoms with Crippen LogP contribution in [0.1, 0.15) is 0 Å². The highest BCUT2D eigenvalue weighted by Gasteiger charge is 2.26. The Morgan fingerprint density at radius 2 is 0.633 bits per heavy atom. The van der Waals surface area contributed by atoms with Gasteiger partial charge in [-0.15, -0.1) is 0 Å². The summed E-state index contributed by atoms with van der Waals surface area (Å²) < 4.78 is 13.6. The largest absolute Gasteiger partial charge is 0.438 e. The summed E-state index contributed by atoms with van der Waals surface area (Å²) in [5, 5.41) is 17.3. The normalized spacial score (nSPS) is 11.9. The van der Waals surface area contributed by atoms with Gasteiger partial charge in [-0.05, 0) is 165 Å². The molecule has 10 heteroatoms. The van der Waals surface area contributed by atoms with E-state index in [-0.39, 0.29) is 0 Å². The highest BCUT2D eigenvalue weighted by atomic mass is 16.3. The van der Waals surface area contributed by atoms with Crippen LogP contribution in [-0.2, 0) is 0 Å². The van der Waals surface area contributed by atoms with E-state index in [9.17, 15) is 0 Å². The highest BCUT2D eigenvalue weighted by molar-refractivity contribution is 6.29. The molecule has 0 N–H and O–H groups in total. The van der Waals surface area contributed by atoms with Crippen molar-refractivity contribution < 1.29 is 8.83 Å². The third-order valence-corrected chi connectivity index (χ3v) is 19.3. The number of fused-ring (bicyclic) bond motifs is 16. The van der Waals surface area contributed by atoms with Crippen LogP contribution < -0.4 is 0 Å². The van der Waals surface area contributed by atoms with E-state index in [2.05, 4.69) is 163 Å². The van der Waals surface area contributed by atoms with Gasteiger partial charge in [-0.25, -0.2) is 39.9 Å². The van der Waals surface area contributed by atoms with Crippen LogP contribution in [0.4, 0.5) is 0 Å². The molecule has 0 saturated heterocycles. The molecular weight excluding hydrogens is 1200 g/mol. The van der Waals surface area contributed by atoms with Gasteiger partial charge in [0.05, 0.1) is 0 Å². The lowest BCUT2D eigenvalue weighted by atomic mass is 9.85. The fourth-order valence-corrected chi connectivity index (χ4v) is 14.8. The Balaban J connectivity index is 0.768. The molecule has 454 valence electrons. The number of nitrogens with zero attached hydrogens (tertiary/aromatic N) is 8. The molecule has 14 aromatic carbocycles. The van der Waals surface area contributed by atoms with Crippen LogP contribution in [-0.4, -0.2) is 39.9 Å². The molecular formula is C88H50N8O2. The summed E-state index contributed by atoms with van der Waals surface area (Å²) in [5.41, 5.74) is 13.9. The summed E-state index contributed by atoms with van der Waals surface area (Å²) in [6, 6.07) is 102. The van der Waals surface area contributed by atoms with E-state index < -0.39 is 0 Å². The number of hydrogen-bond donors (Lipinski definition) is 0. The zero-order valence-electron chi connectivity index (χ0n) is 52.3. The SMILES string of the molecule is c1ccc(-c2nc(-c3ccccc3)nc(-c3cc(-c4ccc5c(ccc6c7ccccc7c(-c7cc8cc(-c9ccc(-c%10nc(-c%11ccccc%11)nc(-c%11ccccc%11)n%10)c%10c9oc9ncccc9%10)c9ccccc9c8c8ccccc78)cc56)c4)cc4oc5ncccc5c34)n2)cc1. The maximum absolute atomic E-state index is 7.00. The third-order valence-electron chi connectivity index (χ3n) is 19.3. The van der Waals surface area contributed by atoms with Crippen LogP contribution in [0.15, 0.2) is 312 Å². The molecule has 20 rings (SSSR count). The van der Waals surface area contributed by atoms with E-state index in [0.29, 0.717) is 57.5 Å². The van der Waals surface area contributed by atoms with Crippen molar-refractivity contribution >= 4 is 109 Å². The van der Waals surface area contributed by atoms with E-state index in [1.165, 1.54) is 32.3 Å². The number of furan rings is 2. The van der Waals surface area contributed by atoms with Gasteiger partial charge >= 0.3 is 0 Å². The lowest BCUT2D eigenvalue weighted by molar-refractivity contribution is 0.654. The second-order valence-electron chi connectivity index (χ2n) is 24.9. The molecule has 6 heterocycles. The Morgan fingerprint density at radius 1 is 0.204 bits per heavy atom. The smallest absolute Gasteiger partial charge is 0.227 e. The first-order chi connectivity index (χ1) is 48.6. The quantitative estimate of drug-likeness (QED) is 0.129. The lowest BCUT2D eigenvalue weighted by Crippen LogP contribution is -2.00. The number of hydrogen-bond acceptors (Lipinski definition) is 10. The maximum Gasteiger partial charge on any atom is 0.227 e. The minimum atomic E-state index is 0.532. The van der Waals surface area contributed by atoms with Gasteiger partial charge < -0.3 is 8.83 Å². The van der Waals surface area contributed by atoms with E-state index in [4.69, 9.17) is 43.7 Å². The van der Waals surface area contributed by atoms with Gasteiger partial charge in [0.15, 0.2) is 34.9 Å². The van der Waals surface area contributed by atoms with Crippen molar-refractivity contribution in [1.82, 2.24) is 39.9 Å². The van der Waals surface area contributed by atoms with Gasteiger partial charge in [-0.1, -0.05) is 218 Å². The van der Waals surface area contributed by atoms with Crippen molar-refractivity contribution in [2.24, 2.45) is 0 Å². The van der Waals surface area contributed by atoms with E-state index in [0.717, 1.165) is 121 Å². The molecule has 0 radical (unpaired) electrons. The predicted octanol–water partition coefficient (Wildman–Crippen LogP) is 22.6. The summed E-state index contributed by atoms with van der Waals surface area (Å²) in [7, 11) is 0. The van der Waals surface area contributed by atoms with E-state index in [1.54, 1.807) is 12.4 Å². The Bertz CT molecular complexity index is 6560. The zero-order valence-corrected chi connectivity index (χ0v) is 52.3. The Kier molecular flexibility index (Phi) is 12.4. The fraction of sp³-hybridized carbons (Fsp3) is 0. The van der Waals surface area contributed by atoms with Gasteiger partial charge in [0.1, 0.15) is 11.2 Å². The van der Waals surface area contributed by atoms with Gasteiger partial charge in [0.2, 0.25) is 11.4 Å². The zero-order chi connectivity index (χ0) is 64.4. The Morgan fingerprint density at radius 3 is 1.20 bits per heavy atom. The standard InChI is InChI=1S/C88H50N8O2/c1-5-21-51(22-6-1)81-91-82(52-23-7-2-8-24-52)94-85(93-81)68-42-41-67(80-79(68)70-36-20-44-90-88(70)98-80)71-47-58-48-72(63-32-16-18-34-66(63)77(58)65-33-17-15-31-62(65)71)74-50-73-59-39-37-55(45-56(59)38-40-64(73)60-29-13-14-30-61(60)74)57-46-75(78-69-35-19-43-89-87(69)97-76(78)49-57)86-95-83(53-25-9-3-10-26-53)92-84(96-86)54-27-11-4-12-28-54/h1-50H. The second-order valence-corrected chi connectivity index (χ2v) is 24.9. The van der Waals surface area contributed by atoms with Crippen LogP contribution >= 0.6 is 0 Å². The number of rotatable bonds is 9. The molecule has 0 bridgehead atoms. The highest BCUT2D eigenvalue weighted by Crippen LogP contribution is 2.49. The summed E-state index contributed by atoms with van der Waals surface area (Å²) in [4.78, 5) is 40.5. The van der Waals surface area contributed by atoms with Crippen LogP contribution in [0.25, 0.3) is 210 Å². The van der Waals surface area contributed by atoms with Crippen molar-refractivity contribution in [3.63, 3.8) is 0 Å². The molecule has 98 heavy (non-hydrogen) atoms. The third kappa shape index (κ3) is 8.89. The van der Waals surface area contributed by atoms with Crippen molar-refractivity contribution in [2.75, 3.05) is 0 Å². The minimum absolute atomic E-state index is 0.532. The fourth-order valence-electron chi connectivity index (χ4n) is 14.8. The van der Waals surface area contributed by atoms with Gasteiger partial charge in [-0.3, -0.25) is 0 Å². The van der Waals surface area contributed by atoms with Crippen LogP contribution in [0.2, 0.25) is 0 Å². The molecule has 0 aliphatic heterocycles. The van der Waals surface area contributed by atoms with Crippen molar-refractivity contribution in [2.45, 2.75) is 0 Å². The Labute approximate surface area is 559 Å². The van der Waals surface area contributed by atoms with Gasteiger partial charge in [-0.2, -0.15) is 0 Å². The molecule has 6 aromatic heterocycles. The van der Waals surface area contributed by atoms with Crippen molar-refractivity contribution in [3.05, 3.63) is 304 Å². The lowest BCUT2D eigenvalue weighted by Gasteiger charge is -2.18. The summed E-state index contributed by atoms with van der Waals surface area (Å²) in [6.45, 7) is 0. The average Bonchev–Trinajstić information content (AvgIpc) is 0.918. The first-order valence-corrected chi connectivity index (χ1v) is 32.7. The second kappa shape index (κ2) is 22.1. The molecule has 10 nitrogen and oxygen atoms in total. The van der Waals surface area contributed by atoms with Gasteiger partial charge in [0, 0.05) is 72.9 Å². The van der Waals surface area contributed by atoms with Crippen molar-refractivity contribution in [3.8, 4) is 102 Å². The predicted molar refractivity (Wildman–Crippen MR) is 397 cm³/mol. The van der Waals surface area contributed by atoms with E-state index >= 15 is 0 Å². The monoisotopic (exact) mass is 1250 g/mol. The van der Waals surface area contributed by atoms with Crippen LogP contribution in [0.5, 0.6) is 0 Å². The van der Waals surface area contributed by atoms with Crippen LogP contribution in [0, 0.1) is 0 Å². The molecule has 20 aromatic rings. The number of aromatic nitrogens is 8. The number of pyridine rings is 2. The molecule has 0 aliphatic carbocycles. The van der Waals surface area contributed by atoms with Gasteiger partial charge in [0.25, 0.3) is 0 Å². The Hall–Kier alpha value is -13.4. The van der Waals surface area contributed by atoms with Crippen LogP contribution in [0.3, 0.4) is 0 Å². The maximum atomic E-state index is 7.00. The molecule has 0 fully saturated rings. The summed E-state index contributed by atoms with van der Waals surface area (Å²) in [6.07, 6.45) is 3.55. The molecule has 0 unspecified atom stereocenters. The molecule has 0 aliphatic rings. The topological polar surface area (TPSA) is 129 Å². The molecule has 0 saturated carbocycles. The van der Waals surface area contributed by atoms with Crippen molar-refractivity contribution in [1.29, 1.82) is 0 Å². The first kappa shape index (κ1) is 55.1. The first-order valence-electron chi connectivity index (χ1n) is 32.7. The molecule has 0 amide bonds. The number of benzene rings is 14. The molecule has 0 spiro atoms. The summed E-state index contributed by atoms with van der Waals surface area (Å²) >= 11 is 0. The van der Waals surface area contributed by atoms with E-state index in [1.807, 2.05) is 133 Å². The molecule has 0 atom stereocenters. The summed E-state index contributed by atoms with van der Waals surface area (Å²) in [5.74, 6) is 3.40. The average molecular weight is 1250 g/mol.